The van der Waals surface area contributed by atoms with Crippen molar-refractivity contribution in [3.8, 4) is 0 Å². The van der Waals surface area contributed by atoms with Crippen molar-refractivity contribution in [3.63, 3.8) is 0 Å². The normalized spacial score (nSPS) is 15.5. The smallest absolute Gasteiger partial charge is 0.339 e. The maximum atomic E-state index is 13.5. The molecule has 2 aromatic carbocycles. The van der Waals surface area contributed by atoms with Gasteiger partial charge in [0.1, 0.15) is 5.82 Å². The largest absolute Gasteiger partial charge is 0.448 e. The standard InChI is InChI=1S/C20H19FN2O4/c1-12-6-7-14(10-16(12)21)18(24)22-8-9-23-19(25)17-11-13-4-2-3-5-15(13)20(26)27-17/h2-7,10,17H,8-9,11H2,1H3,(H,22,24)(H,23,25). The number of amides is 2. The van der Waals surface area contributed by atoms with Crippen LogP contribution in [-0.4, -0.2) is 37.0 Å². The molecule has 0 aliphatic carbocycles. The molecule has 0 radical (unpaired) electrons. The molecule has 0 fully saturated rings. The average molecular weight is 370 g/mol. The van der Waals surface area contributed by atoms with Crippen LogP contribution < -0.4 is 10.6 Å². The Bertz CT molecular complexity index is 897. The van der Waals surface area contributed by atoms with Gasteiger partial charge in [0.05, 0.1) is 5.56 Å². The second-order valence-electron chi connectivity index (χ2n) is 6.27. The summed E-state index contributed by atoms with van der Waals surface area (Å²) in [5, 5.41) is 5.23. The number of hydrogen-bond donors (Lipinski definition) is 2. The number of hydrogen-bond acceptors (Lipinski definition) is 4. The van der Waals surface area contributed by atoms with E-state index in [1.165, 1.54) is 18.2 Å². The molecule has 27 heavy (non-hydrogen) atoms. The monoisotopic (exact) mass is 370 g/mol. The third-order valence-electron chi connectivity index (χ3n) is 4.33. The van der Waals surface area contributed by atoms with Gasteiger partial charge in [0.2, 0.25) is 0 Å². The topological polar surface area (TPSA) is 84.5 Å². The van der Waals surface area contributed by atoms with Crippen molar-refractivity contribution in [2.24, 2.45) is 0 Å². The average Bonchev–Trinajstić information content (AvgIpc) is 2.67. The zero-order valence-electron chi connectivity index (χ0n) is 14.8. The van der Waals surface area contributed by atoms with E-state index in [0.717, 1.165) is 5.56 Å². The molecule has 1 aliphatic rings. The zero-order valence-corrected chi connectivity index (χ0v) is 14.8. The summed E-state index contributed by atoms with van der Waals surface area (Å²) in [4.78, 5) is 36.1. The Labute approximate surface area is 155 Å². The van der Waals surface area contributed by atoms with Gasteiger partial charge in [-0.1, -0.05) is 24.3 Å². The summed E-state index contributed by atoms with van der Waals surface area (Å²) in [6.45, 7) is 1.94. The van der Waals surface area contributed by atoms with Gasteiger partial charge in [-0.15, -0.1) is 0 Å². The highest BCUT2D eigenvalue weighted by Crippen LogP contribution is 2.20. The molecular weight excluding hydrogens is 351 g/mol. The van der Waals surface area contributed by atoms with Crippen molar-refractivity contribution >= 4 is 17.8 Å². The molecule has 2 aromatic rings. The number of rotatable bonds is 5. The highest BCUT2D eigenvalue weighted by Gasteiger charge is 2.30. The maximum absolute atomic E-state index is 13.5. The number of halogens is 1. The summed E-state index contributed by atoms with van der Waals surface area (Å²) in [7, 11) is 0. The van der Waals surface area contributed by atoms with Gasteiger partial charge in [0.15, 0.2) is 6.10 Å². The lowest BCUT2D eigenvalue weighted by atomic mass is 9.98. The molecule has 6 nitrogen and oxygen atoms in total. The van der Waals surface area contributed by atoms with Crippen molar-refractivity contribution in [1.82, 2.24) is 10.6 Å². The Hall–Kier alpha value is -3.22. The van der Waals surface area contributed by atoms with Crippen LogP contribution in [0.4, 0.5) is 4.39 Å². The third-order valence-corrected chi connectivity index (χ3v) is 4.33. The highest BCUT2D eigenvalue weighted by molar-refractivity contribution is 5.96. The number of esters is 1. The molecule has 1 atom stereocenters. The minimum absolute atomic E-state index is 0.161. The first-order valence-electron chi connectivity index (χ1n) is 8.56. The molecule has 2 N–H and O–H groups in total. The quantitative estimate of drug-likeness (QED) is 0.621. The lowest BCUT2D eigenvalue weighted by Crippen LogP contribution is -2.44. The zero-order chi connectivity index (χ0) is 19.4. The molecule has 0 spiro atoms. The summed E-state index contributed by atoms with van der Waals surface area (Å²) >= 11 is 0. The summed E-state index contributed by atoms with van der Waals surface area (Å²) in [5.74, 6) is -1.82. The van der Waals surface area contributed by atoms with E-state index in [4.69, 9.17) is 4.74 Å². The Morgan fingerprint density at radius 1 is 1.15 bits per heavy atom. The van der Waals surface area contributed by atoms with Gasteiger partial charge in [-0.05, 0) is 36.2 Å². The minimum Gasteiger partial charge on any atom is -0.448 e. The van der Waals surface area contributed by atoms with Gasteiger partial charge < -0.3 is 15.4 Å². The van der Waals surface area contributed by atoms with E-state index in [9.17, 15) is 18.8 Å². The van der Waals surface area contributed by atoms with E-state index in [1.54, 1.807) is 31.2 Å². The van der Waals surface area contributed by atoms with Gasteiger partial charge in [-0.2, -0.15) is 0 Å². The molecule has 3 rings (SSSR count). The van der Waals surface area contributed by atoms with Crippen LogP contribution in [0.15, 0.2) is 42.5 Å². The SMILES string of the molecule is Cc1ccc(C(=O)NCCNC(=O)C2Cc3ccccc3C(=O)O2)cc1F. The molecule has 140 valence electrons. The first-order valence-corrected chi connectivity index (χ1v) is 8.56. The van der Waals surface area contributed by atoms with Crippen LogP contribution in [0.2, 0.25) is 0 Å². The van der Waals surface area contributed by atoms with Crippen molar-refractivity contribution < 1.29 is 23.5 Å². The first-order chi connectivity index (χ1) is 13.0. The number of carbonyl (C=O) groups excluding carboxylic acids is 3. The van der Waals surface area contributed by atoms with Crippen LogP contribution in [0, 0.1) is 12.7 Å². The minimum atomic E-state index is -0.894. The molecular formula is C20H19FN2O4. The molecule has 1 unspecified atom stereocenters. The van der Waals surface area contributed by atoms with Crippen molar-refractivity contribution in [2.75, 3.05) is 13.1 Å². The Balaban J connectivity index is 1.47. The van der Waals surface area contributed by atoms with Gasteiger partial charge >= 0.3 is 5.97 Å². The predicted molar refractivity (Wildman–Crippen MR) is 95.8 cm³/mol. The lowest BCUT2D eigenvalue weighted by Gasteiger charge is -2.23. The van der Waals surface area contributed by atoms with Crippen molar-refractivity contribution in [3.05, 3.63) is 70.5 Å². The van der Waals surface area contributed by atoms with E-state index in [0.29, 0.717) is 17.5 Å². The van der Waals surface area contributed by atoms with Gasteiger partial charge in [0.25, 0.3) is 11.8 Å². The number of carbonyl (C=O) groups is 3. The Morgan fingerprint density at radius 2 is 1.89 bits per heavy atom. The summed E-state index contributed by atoms with van der Waals surface area (Å²) in [6, 6.07) is 11.2. The van der Waals surface area contributed by atoms with E-state index in [1.807, 2.05) is 0 Å². The molecule has 0 aromatic heterocycles. The lowest BCUT2D eigenvalue weighted by molar-refractivity contribution is -0.130. The van der Waals surface area contributed by atoms with Gasteiger partial charge in [-0.25, -0.2) is 9.18 Å². The summed E-state index contributed by atoms with van der Waals surface area (Å²) in [5.41, 5.74) is 1.91. The highest BCUT2D eigenvalue weighted by atomic mass is 19.1. The van der Waals surface area contributed by atoms with Crippen LogP contribution in [0.3, 0.4) is 0 Å². The molecule has 7 heteroatoms. The fourth-order valence-electron chi connectivity index (χ4n) is 2.79. The van der Waals surface area contributed by atoms with Crippen LogP contribution in [0.25, 0.3) is 0 Å². The number of nitrogens with one attached hydrogen (secondary N) is 2. The van der Waals surface area contributed by atoms with Crippen LogP contribution in [-0.2, 0) is 16.0 Å². The van der Waals surface area contributed by atoms with Crippen LogP contribution in [0.1, 0.15) is 31.8 Å². The van der Waals surface area contributed by atoms with Crippen molar-refractivity contribution in [1.29, 1.82) is 0 Å². The summed E-state index contributed by atoms with van der Waals surface area (Å²) < 4.78 is 18.7. The number of aryl methyl sites for hydroxylation is 1. The maximum Gasteiger partial charge on any atom is 0.339 e. The van der Waals surface area contributed by atoms with Crippen LogP contribution in [0.5, 0.6) is 0 Å². The van der Waals surface area contributed by atoms with Gasteiger partial charge in [0, 0.05) is 25.1 Å². The molecule has 0 saturated heterocycles. The first kappa shape index (κ1) is 18.6. The van der Waals surface area contributed by atoms with E-state index < -0.39 is 29.7 Å². The van der Waals surface area contributed by atoms with Crippen LogP contribution >= 0.6 is 0 Å². The van der Waals surface area contributed by atoms with E-state index in [-0.39, 0.29) is 18.7 Å². The predicted octanol–water partition coefficient (Wildman–Crippen LogP) is 1.76. The van der Waals surface area contributed by atoms with E-state index in [2.05, 4.69) is 10.6 Å². The summed E-state index contributed by atoms with van der Waals surface area (Å²) in [6.07, 6.45) is -0.586. The molecule has 0 bridgehead atoms. The Morgan fingerprint density at radius 3 is 2.67 bits per heavy atom. The fourth-order valence-corrected chi connectivity index (χ4v) is 2.79. The second kappa shape index (κ2) is 7.99. The molecule has 0 saturated carbocycles. The number of ether oxygens (including phenoxy) is 1. The molecule has 2 amide bonds. The number of fused-ring (bicyclic) bond motifs is 1. The second-order valence-corrected chi connectivity index (χ2v) is 6.27. The third kappa shape index (κ3) is 4.31. The fraction of sp³-hybridized carbons (Fsp3) is 0.250. The molecule has 1 aliphatic heterocycles. The number of cyclic esters (lactones) is 1. The van der Waals surface area contributed by atoms with Gasteiger partial charge in [-0.3, -0.25) is 9.59 Å². The Kier molecular flexibility index (Phi) is 5.49. The number of benzene rings is 2. The molecule has 1 heterocycles. The van der Waals surface area contributed by atoms with E-state index >= 15 is 0 Å². The van der Waals surface area contributed by atoms with Crippen molar-refractivity contribution in [2.45, 2.75) is 19.4 Å².